The van der Waals surface area contributed by atoms with Crippen molar-refractivity contribution in [3.05, 3.63) is 23.4 Å². The first-order valence-corrected chi connectivity index (χ1v) is 7.28. The topological polar surface area (TPSA) is 31.4 Å². The van der Waals surface area contributed by atoms with E-state index in [1.54, 1.807) is 7.11 Å². The smallest absolute Gasteiger partial charge is 0.213 e. The molecule has 4 heteroatoms. The monoisotopic (exact) mass is 285 g/mol. The summed E-state index contributed by atoms with van der Waals surface area (Å²) in [6, 6.07) is 3.95. The molecule has 0 bridgehead atoms. The highest BCUT2D eigenvalue weighted by molar-refractivity contribution is 6.17. The fourth-order valence-corrected chi connectivity index (χ4v) is 1.81. The SMILES string of the molecule is CCCc1cc(CCl)cc(OCCC(C)(C)OC)n1. The van der Waals surface area contributed by atoms with Crippen LogP contribution in [0, 0.1) is 0 Å². The highest BCUT2D eigenvalue weighted by Gasteiger charge is 2.16. The second kappa shape index (κ2) is 7.71. The van der Waals surface area contributed by atoms with E-state index in [0.29, 0.717) is 18.4 Å². The van der Waals surface area contributed by atoms with Gasteiger partial charge in [-0.05, 0) is 31.9 Å². The van der Waals surface area contributed by atoms with Crippen molar-refractivity contribution in [2.75, 3.05) is 13.7 Å². The molecule has 0 radical (unpaired) electrons. The second-order valence-electron chi connectivity index (χ2n) is 5.25. The van der Waals surface area contributed by atoms with Gasteiger partial charge in [0.15, 0.2) is 0 Å². The van der Waals surface area contributed by atoms with Gasteiger partial charge in [-0.25, -0.2) is 4.98 Å². The van der Waals surface area contributed by atoms with Gasteiger partial charge in [-0.2, -0.15) is 0 Å². The third kappa shape index (κ3) is 5.79. The van der Waals surface area contributed by atoms with Gasteiger partial charge in [0.25, 0.3) is 0 Å². The van der Waals surface area contributed by atoms with E-state index < -0.39 is 0 Å². The van der Waals surface area contributed by atoms with E-state index in [4.69, 9.17) is 21.1 Å². The molecule has 0 aliphatic carbocycles. The molecule has 0 aromatic carbocycles. The van der Waals surface area contributed by atoms with Crippen LogP contribution in [0.2, 0.25) is 0 Å². The Labute approximate surface area is 121 Å². The molecule has 19 heavy (non-hydrogen) atoms. The lowest BCUT2D eigenvalue weighted by Gasteiger charge is -2.22. The first-order chi connectivity index (χ1) is 9.00. The predicted octanol–water partition coefficient (Wildman–Crippen LogP) is 3.97. The molecule has 0 unspecified atom stereocenters. The van der Waals surface area contributed by atoms with Crippen molar-refractivity contribution in [3.8, 4) is 5.88 Å². The molecule has 0 amide bonds. The molecule has 0 N–H and O–H groups in total. The predicted molar refractivity (Wildman–Crippen MR) is 79.0 cm³/mol. The summed E-state index contributed by atoms with van der Waals surface area (Å²) in [6.07, 6.45) is 2.83. The maximum atomic E-state index is 5.90. The third-order valence-electron chi connectivity index (χ3n) is 3.08. The molecule has 0 saturated heterocycles. The summed E-state index contributed by atoms with van der Waals surface area (Å²) >= 11 is 5.90. The maximum absolute atomic E-state index is 5.90. The van der Waals surface area contributed by atoms with Gasteiger partial charge in [0.2, 0.25) is 5.88 Å². The summed E-state index contributed by atoms with van der Waals surface area (Å²) in [7, 11) is 1.71. The van der Waals surface area contributed by atoms with Crippen molar-refractivity contribution < 1.29 is 9.47 Å². The minimum atomic E-state index is -0.170. The molecule has 108 valence electrons. The largest absolute Gasteiger partial charge is 0.478 e. The van der Waals surface area contributed by atoms with Crippen LogP contribution >= 0.6 is 11.6 Å². The van der Waals surface area contributed by atoms with E-state index in [-0.39, 0.29) is 5.60 Å². The number of hydrogen-bond donors (Lipinski definition) is 0. The van der Waals surface area contributed by atoms with Crippen LogP contribution in [0.1, 0.15) is 44.9 Å². The van der Waals surface area contributed by atoms with E-state index in [2.05, 4.69) is 11.9 Å². The van der Waals surface area contributed by atoms with Crippen LogP contribution in [-0.2, 0) is 17.0 Å². The van der Waals surface area contributed by atoms with Gasteiger partial charge in [0.1, 0.15) is 0 Å². The van der Waals surface area contributed by atoms with Crippen molar-refractivity contribution >= 4 is 11.6 Å². The van der Waals surface area contributed by atoms with Crippen LogP contribution in [0.5, 0.6) is 5.88 Å². The summed E-state index contributed by atoms with van der Waals surface area (Å²) < 4.78 is 11.1. The van der Waals surface area contributed by atoms with Gasteiger partial charge < -0.3 is 9.47 Å². The molecule has 0 spiro atoms. The lowest BCUT2D eigenvalue weighted by atomic mass is 10.1. The minimum absolute atomic E-state index is 0.170. The van der Waals surface area contributed by atoms with Crippen LogP contribution in [-0.4, -0.2) is 24.3 Å². The Morgan fingerprint density at radius 2 is 2.05 bits per heavy atom. The zero-order valence-corrected chi connectivity index (χ0v) is 13.1. The molecule has 1 aromatic rings. The van der Waals surface area contributed by atoms with E-state index in [1.807, 2.05) is 26.0 Å². The molecule has 0 atom stereocenters. The zero-order chi connectivity index (χ0) is 14.3. The van der Waals surface area contributed by atoms with Gasteiger partial charge in [-0.15, -0.1) is 11.6 Å². The number of aryl methyl sites for hydroxylation is 1. The molecule has 3 nitrogen and oxygen atoms in total. The standard InChI is InChI=1S/C15H24ClNO2/c1-5-6-13-9-12(11-16)10-14(17-13)19-8-7-15(2,3)18-4/h9-10H,5-8,11H2,1-4H3. The van der Waals surface area contributed by atoms with Crippen molar-refractivity contribution in [1.29, 1.82) is 0 Å². The lowest BCUT2D eigenvalue weighted by Crippen LogP contribution is -2.25. The Hall–Kier alpha value is -0.800. The molecule has 1 aromatic heterocycles. The fraction of sp³-hybridized carbons (Fsp3) is 0.667. The number of hydrogen-bond acceptors (Lipinski definition) is 3. The summed E-state index contributed by atoms with van der Waals surface area (Å²) in [5.41, 5.74) is 1.93. The van der Waals surface area contributed by atoms with Crippen LogP contribution in [0.4, 0.5) is 0 Å². The first-order valence-electron chi connectivity index (χ1n) is 6.74. The summed E-state index contributed by atoms with van der Waals surface area (Å²) in [5, 5.41) is 0. The number of pyridine rings is 1. The van der Waals surface area contributed by atoms with Crippen molar-refractivity contribution in [2.45, 2.75) is 51.5 Å². The van der Waals surface area contributed by atoms with Crippen LogP contribution in [0.15, 0.2) is 12.1 Å². The second-order valence-corrected chi connectivity index (χ2v) is 5.52. The number of methoxy groups -OCH3 is 1. The summed E-state index contributed by atoms with van der Waals surface area (Å²) in [4.78, 5) is 4.49. The van der Waals surface area contributed by atoms with Gasteiger partial charge in [0, 0.05) is 31.2 Å². The zero-order valence-electron chi connectivity index (χ0n) is 12.3. The molecular weight excluding hydrogens is 262 g/mol. The fourth-order valence-electron chi connectivity index (χ4n) is 1.66. The number of nitrogens with zero attached hydrogens (tertiary/aromatic N) is 1. The average Bonchev–Trinajstić information content (AvgIpc) is 2.38. The lowest BCUT2D eigenvalue weighted by molar-refractivity contribution is 0.00507. The van der Waals surface area contributed by atoms with Crippen LogP contribution in [0.25, 0.3) is 0 Å². The molecule has 0 saturated carbocycles. The van der Waals surface area contributed by atoms with Gasteiger partial charge in [-0.3, -0.25) is 0 Å². The quantitative estimate of drug-likeness (QED) is 0.677. The molecule has 1 rings (SSSR count). The van der Waals surface area contributed by atoms with Crippen molar-refractivity contribution in [3.63, 3.8) is 0 Å². The summed E-state index contributed by atoms with van der Waals surface area (Å²) in [5.74, 6) is 1.15. The van der Waals surface area contributed by atoms with Crippen molar-refractivity contribution in [1.82, 2.24) is 4.98 Å². The number of rotatable bonds is 8. The van der Waals surface area contributed by atoms with Gasteiger partial charge >= 0.3 is 0 Å². The van der Waals surface area contributed by atoms with Gasteiger partial charge in [-0.1, -0.05) is 13.3 Å². The molecule has 1 heterocycles. The Kier molecular flexibility index (Phi) is 6.59. The third-order valence-corrected chi connectivity index (χ3v) is 3.39. The highest BCUT2D eigenvalue weighted by atomic mass is 35.5. The van der Waals surface area contributed by atoms with E-state index in [9.17, 15) is 0 Å². The summed E-state index contributed by atoms with van der Waals surface area (Å²) in [6.45, 7) is 6.81. The molecule has 0 fully saturated rings. The normalized spacial score (nSPS) is 11.6. The Balaban J connectivity index is 2.64. The first kappa shape index (κ1) is 16.3. The highest BCUT2D eigenvalue weighted by Crippen LogP contribution is 2.18. The molecular formula is C15H24ClNO2. The minimum Gasteiger partial charge on any atom is -0.478 e. The number of ether oxygens (including phenoxy) is 2. The van der Waals surface area contributed by atoms with Crippen molar-refractivity contribution in [2.24, 2.45) is 0 Å². The van der Waals surface area contributed by atoms with E-state index in [0.717, 1.165) is 30.5 Å². The Bertz CT molecular complexity index is 394. The Morgan fingerprint density at radius 1 is 1.32 bits per heavy atom. The van der Waals surface area contributed by atoms with Crippen LogP contribution < -0.4 is 4.74 Å². The van der Waals surface area contributed by atoms with Gasteiger partial charge in [0.05, 0.1) is 12.2 Å². The number of aromatic nitrogens is 1. The Morgan fingerprint density at radius 3 is 2.63 bits per heavy atom. The van der Waals surface area contributed by atoms with E-state index >= 15 is 0 Å². The average molecular weight is 286 g/mol. The van der Waals surface area contributed by atoms with E-state index in [1.165, 1.54) is 0 Å². The maximum Gasteiger partial charge on any atom is 0.213 e. The van der Waals surface area contributed by atoms with Crippen LogP contribution in [0.3, 0.4) is 0 Å². The number of halogens is 1. The number of alkyl halides is 1. The molecule has 0 aliphatic heterocycles. The molecule has 0 aliphatic rings.